The Hall–Kier alpha value is -0.950. The number of azide groups is 1. The van der Waals surface area contributed by atoms with Crippen molar-refractivity contribution in [3.8, 4) is 0 Å². The van der Waals surface area contributed by atoms with Crippen molar-refractivity contribution in [2.75, 3.05) is 0 Å². The Morgan fingerprint density at radius 1 is 1.07 bits per heavy atom. The van der Waals surface area contributed by atoms with Crippen molar-refractivity contribution in [1.82, 2.24) is 0 Å². The first kappa shape index (κ1) is 14.1. The highest BCUT2D eigenvalue weighted by atomic mass is 15.1. The van der Waals surface area contributed by atoms with E-state index in [0.717, 1.165) is 12.8 Å². The van der Waals surface area contributed by atoms with Gasteiger partial charge in [-0.15, -0.1) is 0 Å². The van der Waals surface area contributed by atoms with Crippen molar-refractivity contribution < 1.29 is 0 Å². The summed E-state index contributed by atoms with van der Waals surface area (Å²) in [5.74, 6) is 0. The van der Waals surface area contributed by atoms with Crippen LogP contribution in [-0.4, -0.2) is 0 Å². The molecule has 0 saturated carbocycles. The predicted octanol–water partition coefficient (Wildman–Crippen LogP) is 5.34. The molecule has 0 rings (SSSR count). The van der Waals surface area contributed by atoms with Gasteiger partial charge in [0.05, 0.1) is 0 Å². The summed E-state index contributed by atoms with van der Waals surface area (Å²) in [7, 11) is 0. The lowest BCUT2D eigenvalue weighted by Crippen LogP contribution is -1.81. The van der Waals surface area contributed by atoms with E-state index in [1.54, 1.807) is 0 Å². The van der Waals surface area contributed by atoms with Gasteiger partial charge in [0.1, 0.15) is 0 Å². The summed E-state index contributed by atoms with van der Waals surface area (Å²) in [5, 5.41) is 3.47. The molecule has 0 amide bonds. The zero-order valence-corrected chi connectivity index (χ0v) is 9.91. The molecule has 0 N–H and O–H groups in total. The van der Waals surface area contributed by atoms with Crippen LogP contribution >= 0.6 is 0 Å². The van der Waals surface area contributed by atoms with Crippen molar-refractivity contribution in [1.29, 1.82) is 0 Å². The van der Waals surface area contributed by atoms with Crippen LogP contribution in [0.3, 0.4) is 0 Å². The first-order valence-corrected chi connectivity index (χ1v) is 6.04. The maximum absolute atomic E-state index is 8.16. The minimum absolute atomic E-state index is 0.670. The fraction of sp³-hybridized carbons (Fsp3) is 0.833. The highest BCUT2D eigenvalue weighted by Crippen LogP contribution is 2.12. The van der Waals surface area contributed by atoms with Gasteiger partial charge in [-0.25, -0.2) is 0 Å². The molecule has 86 valence electrons. The molecule has 3 heteroatoms. The Morgan fingerprint density at radius 3 is 2.13 bits per heavy atom. The van der Waals surface area contributed by atoms with Crippen LogP contribution in [0.5, 0.6) is 0 Å². The number of nitrogens with zero attached hydrogens (tertiary/aromatic N) is 3. The van der Waals surface area contributed by atoms with E-state index in [1.165, 1.54) is 44.9 Å². The fourth-order valence-electron chi connectivity index (χ4n) is 1.58. The lowest BCUT2D eigenvalue weighted by Gasteiger charge is -2.01. The van der Waals surface area contributed by atoms with Gasteiger partial charge in [-0.2, -0.15) is 0 Å². The van der Waals surface area contributed by atoms with E-state index < -0.39 is 0 Å². The van der Waals surface area contributed by atoms with E-state index in [-0.39, 0.29) is 0 Å². The largest absolute Gasteiger partial charge is 0.0936 e. The molecule has 0 fully saturated rings. The highest BCUT2D eigenvalue weighted by Gasteiger charge is 1.93. The molecule has 0 atom stereocenters. The molecule has 0 saturated heterocycles. The molecule has 0 heterocycles. The minimum Gasteiger partial charge on any atom is -0.0936 e. The quantitative estimate of drug-likeness (QED) is 0.202. The summed E-state index contributed by atoms with van der Waals surface area (Å²) in [6.45, 7) is 5.92. The molecule has 0 aromatic rings. The van der Waals surface area contributed by atoms with Crippen LogP contribution in [0.25, 0.3) is 10.4 Å². The van der Waals surface area contributed by atoms with E-state index in [4.69, 9.17) is 5.53 Å². The van der Waals surface area contributed by atoms with Crippen LogP contribution in [0.1, 0.15) is 64.7 Å². The fourth-order valence-corrected chi connectivity index (χ4v) is 1.58. The van der Waals surface area contributed by atoms with Gasteiger partial charge in [0.25, 0.3) is 0 Å². The Bertz CT molecular complexity index is 205. The number of rotatable bonds is 10. The first-order valence-electron chi connectivity index (χ1n) is 6.04. The van der Waals surface area contributed by atoms with Crippen molar-refractivity contribution in [3.05, 3.63) is 22.7 Å². The normalized spacial score (nSPS) is 9.67. The molecule has 0 unspecified atom stereocenters. The van der Waals surface area contributed by atoms with Gasteiger partial charge in [-0.3, -0.25) is 0 Å². The van der Waals surface area contributed by atoms with E-state index in [2.05, 4.69) is 23.5 Å². The van der Waals surface area contributed by atoms with Gasteiger partial charge in [-0.1, -0.05) is 63.6 Å². The minimum atomic E-state index is 0.670. The first-order chi connectivity index (χ1) is 7.31. The summed E-state index contributed by atoms with van der Waals surface area (Å²) >= 11 is 0. The second-order valence-corrected chi connectivity index (χ2v) is 3.98. The Kier molecular flexibility index (Phi) is 10.4. The molecule has 0 aliphatic rings. The monoisotopic (exact) mass is 209 g/mol. The van der Waals surface area contributed by atoms with Gasteiger partial charge in [0, 0.05) is 10.6 Å². The van der Waals surface area contributed by atoms with Crippen LogP contribution < -0.4 is 0 Å². The predicted molar refractivity (Wildman–Crippen MR) is 65.5 cm³/mol. The molecule has 0 aromatic carbocycles. The second-order valence-electron chi connectivity index (χ2n) is 3.98. The molecular weight excluding hydrogens is 186 g/mol. The number of allylic oxidation sites excluding steroid dienone is 1. The van der Waals surface area contributed by atoms with Gasteiger partial charge < -0.3 is 0 Å². The standard InChI is InChI=1S/C12H23N3/c1-3-4-5-6-7-8-9-10-11-12(2)14-15-13/h2-11H2,1H3. The summed E-state index contributed by atoms with van der Waals surface area (Å²) in [5.41, 5.74) is 8.83. The third-order valence-electron chi connectivity index (χ3n) is 2.51. The smallest absolute Gasteiger partial charge is 0.00787 e. The number of unbranched alkanes of at least 4 members (excludes halogenated alkanes) is 7. The molecule has 0 bridgehead atoms. The van der Waals surface area contributed by atoms with Crippen molar-refractivity contribution in [2.45, 2.75) is 64.7 Å². The van der Waals surface area contributed by atoms with Crippen molar-refractivity contribution in [3.63, 3.8) is 0 Å². The SMILES string of the molecule is C=C(CCCCCCCCCC)N=[N+]=[N-]. The molecule has 0 aromatic heterocycles. The molecule has 3 nitrogen and oxygen atoms in total. The van der Waals surface area contributed by atoms with Crippen LogP contribution in [0.2, 0.25) is 0 Å². The summed E-state index contributed by atoms with van der Waals surface area (Å²) in [6, 6.07) is 0. The Labute approximate surface area is 93.2 Å². The zero-order chi connectivity index (χ0) is 11.4. The van der Waals surface area contributed by atoms with Crippen molar-refractivity contribution >= 4 is 0 Å². The van der Waals surface area contributed by atoms with Gasteiger partial charge in [0.15, 0.2) is 0 Å². The molecule has 0 spiro atoms. The summed E-state index contributed by atoms with van der Waals surface area (Å²) < 4.78 is 0. The Morgan fingerprint density at radius 2 is 1.60 bits per heavy atom. The molecule has 0 aliphatic heterocycles. The average Bonchev–Trinajstić information content (AvgIpc) is 2.22. The third-order valence-corrected chi connectivity index (χ3v) is 2.51. The lowest BCUT2D eigenvalue weighted by atomic mass is 10.1. The maximum Gasteiger partial charge on any atom is 0.00787 e. The molecule has 0 radical (unpaired) electrons. The number of hydrogen-bond acceptors (Lipinski definition) is 1. The zero-order valence-electron chi connectivity index (χ0n) is 9.91. The topological polar surface area (TPSA) is 48.8 Å². The molecule has 0 aliphatic carbocycles. The van der Waals surface area contributed by atoms with Crippen LogP contribution in [-0.2, 0) is 0 Å². The van der Waals surface area contributed by atoms with E-state index >= 15 is 0 Å². The van der Waals surface area contributed by atoms with Crippen LogP contribution in [0.15, 0.2) is 17.4 Å². The van der Waals surface area contributed by atoms with Gasteiger partial charge in [0.2, 0.25) is 0 Å². The summed E-state index contributed by atoms with van der Waals surface area (Å²) in [4.78, 5) is 2.71. The molecular formula is C12H23N3. The average molecular weight is 209 g/mol. The van der Waals surface area contributed by atoms with E-state index in [0.29, 0.717) is 5.70 Å². The maximum atomic E-state index is 8.16. The van der Waals surface area contributed by atoms with Gasteiger partial charge >= 0.3 is 0 Å². The highest BCUT2D eigenvalue weighted by molar-refractivity contribution is 4.90. The van der Waals surface area contributed by atoms with Crippen LogP contribution in [0, 0.1) is 0 Å². The molecule has 15 heavy (non-hydrogen) atoms. The van der Waals surface area contributed by atoms with Crippen LogP contribution in [0.4, 0.5) is 0 Å². The third kappa shape index (κ3) is 11.0. The van der Waals surface area contributed by atoms with E-state index in [9.17, 15) is 0 Å². The number of hydrogen-bond donors (Lipinski definition) is 0. The summed E-state index contributed by atoms with van der Waals surface area (Å²) in [6.07, 6.45) is 11.2. The van der Waals surface area contributed by atoms with Gasteiger partial charge in [-0.05, 0) is 18.4 Å². The second kappa shape index (κ2) is 11.1. The Balaban J connectivity index is 3.11. The van der Waals surface area contributed by atoms with Crippen molar-refractivity contribution in [2.24, 2.45) is 5.11 Å². The lowest BCUT2D eigenvalue weighted by molar-refractivity contribution is 0.574. The van der Waals surface area contributed by atoms with E-state index in [1.807, 2.05) is 0 Å².